The van der Waals surface area contributed by atoms with Crippen molar-refractivity contribution in [1.29, 1.82) is 0 Å². The smallest absolute Gasteiger partial charge is 0.290 e. The highest BCUT2D eigenvalue weighted by Crippen LogP contribution is 2.20. The fourth-order valence-corrected chi connectivity index (χ4v) is 2.70. The van der Waals surface area contributed by atoms with Gasteiger partial charge >= 0.3 is 0 Å². The van der Waals surface area contributed by atoms with Crippen molar-refractivity contribution in [2.75, 3.05) is 32.0 Å². The number of aromatic nitrogens is 2. The van der Waals surface area contributed by atoms with Crippen molar-refractivity contribution in [2.45, 2.75) is 25.8 Å². The van der Waals surface area contributed by atoms with Crippen LogP contribution < -0.4 is 10.6 Å². The van der Waals surface area contributed by atoms with Crippen LogP contribution in [0.5, 0.6) is 0 Å². The van der Waals surface area contributed by atoms with E-state index in [1.54, 1.807) is 7.05 Å². The molecule has 1 saturated heterocycles. The molecule has 1 aromatic rings. The van der Waals surface area contributed by atoms with Crippen LogP contribution >= 0.6 is 0 Å². The summed E-state index contributed by atoms with van der Waals surface area (Å²) in [6.07, 6.45) is 3.04. The van der Waals surface area contributed by atoms with E-state index in [-0.39, 0.29) is 12.4 Å². The molecule has 3 N–H and O–H groups in total. The van der Waals surface area contributed by atoms with Crippen molar-refractivity contribution in [2.24, 2.45) is 0 Å². The molecule has 0 unspecified atom stereocenters. The highest BCUT2D eigenvalue weighted by atomic mass is 16.3. The molecule has 22 heavy (non-hydrogen) atoms. The van der Waals surface area contributed by atoms with Crippen LogP contribution in [0, 0.1) is 0 Å². The number of nitrogens with one attached hydrogen (secondary N) is 2. The van der Waals surface area contributed by atoms with E-state index in [1.165, 1.54) is 0 Å². The lowest BCUT2D eigenvalue weighted by Gasteiger charge is -2.22. The highest BCUT2D eigenvalue weighted by molar-refractivity contribution is 5.94. The van der Waals surface area contributed by atoms with Crippen molar-refractivity contribution >= 4 is 18.3 Å². The number of nitrogens with zero attached hydrogens (tertiary/aromatic N) is 3. The Balaban J connectivity index is 0.000000545. The summed E-state index contributed by atoms with van der Waals surface area (Å²) in [7, 11) is 1.78. The molecule has 3 heterocycles. The molecule has 0 aliphatic carbocycles. The van der Waals surface area contributed by atoms with Gasteiger partial charge in [0.2, 0.25) is 5.95 Å². The van der Waals surface area contributed by atoms with Crippen molar-refractivity contribution in [1.82, 2.24) is 20.2 Å². The second kappa shape index (κ2) is 7.69. The molecule has 0 aromatic carbocycles. The Morgan fingerprint density at radius 2 is 2.05 bits per heavy atom. The molecule has 0 spiro atoms. The van der Waals surface area contributed by atoms with Gasteiger partial charge in [-0.05, 0) is 12.8 Å². The lowest BCUT2D eigenvalue weighted by molar-refractivity contribution is -0.122. The molecule has 8 heteroatoms. The van der Waals surface area contributed by atoms with Gasteiger partial charge in [0.25, 0.3) is 12.4 Å². The van der Waals surface area contributed by atoms with E-state index < -0.39 is 0 Å². The number of amides is 1. The Morgan fingerprint density at radius 1 is 1.36 bits per heavy atom. The summed E-state index contributed by atoms with van der Waals surface area (Å²) < 4.78 is 0. The van der Waals surface area contributed by atoms with Gasteiger partial charge in [-0.3, -0.25) is 9.59 Å². The highest BCUT2D eigenvalue weighted by Gasteiger charge is 2.26. The summed E-state index contributed by atoms with van der Waals surface area (Å²) in [6.45, 7) is 3.04. The van der Waals surface area contributed by atoms with Crippen LogP contribution in [0.2, 0.25) is 0 Å². The number of hydrogen-bond acceptors (Lipinski definition) is 6. The van der Waals surface area contributed by atoms with Gasteiger partial charge in [-0.1, -0.05) is 0 Å². The number of carbonyl (C=O) groups excluding carboxylic acids is 1. The molecule has 120 valence electrons. The monoisotopic (exact) mass is 307 g/mol. The molecule has 0 saturated carbocycles. The first-order valence-corrected chi connectivity index (χ1v) is 7.36. The predicted molar refractivity (Wildman–Crippen MR) is 80.8 cm³/mol. The van der Waals surface area contributed by atoms with Crippen LogP contribution in [-0.2, 0) is 17.8 Å². The summed E-state index contributed by atoms with van der Waals surface area (Å²) in [5, 5.41) is 13.1. The lowest BCUT2D eigenvalue weighted by atomic mass is 10.0. The van der Waals surface area contributed by atoms with Gasteiger partial charge in [0.1, 0.15) is 5.69 Å². The van der Waals surface area contributed by atoms with E-state index in [9.17, 15) is 4.79 Å². The van der Waals surface area contributed by atoms with Gasteiger partial charge in [0.15, 0.2) is 0 Å². The third-order valence-corrected chi connectivity index (χ3v) is 3.75. The first-order valence-electron chi connectivity index (χ1n) is 7.36. The molecular formula is C14H21N5O3. The maximum absolute atomic E-state index is 12.6. The van der Waals surface area contributed by atoms with Crippen LogP contribution in [0.15, 0.2) is 0 Å². The van der Waals surface area contributed by atoms with Crippen LogP contribution in [0.4, 0.5) is 5.95 Å². The number of carbonyl (C=O) groups is 2. The lowest BCUT2D eigenvalue weighted by Crippen LogP contribution is -2.33. The van der Waals surface area contributed by atoms with E-state index in [4.69, 9.17) is 9.90 Å². The van der Waals surface area contributed by atoms with E-state index in [1.807, 2.05) is 4.90 Å². The van der Waals surface area contributed by atoms with E-state index in [0.29, 0.717) is 18.2 Å². The Bertz CT molecular complexity index is 544. The van der Waals surface area contributed by atoms with Gasteiger partial charge in [0.05, 0.1) is 5.69 Å². The average Bonchev–Trinajstić information content (AvgIpc) is 3.08. The van der Waals surface area contributed by atoms with E-state index in [0.717, 1.165) is 50.2 Å². The maximum atomic E-state index is 12.6. The summed E-state index contributed by atoms with van der Waals surface area (Å²) in [5.41, 5.74) is 2.55. The summed E-state index contributed by atoms with van der Waals surface area (Å²) in [5.74, 6) is 0.597. The third kappa shape index (κ3) is 3.51. The van der Waals surface area contributed by atoms with Crippen molar-refractivity contribution < 1.29 is 14.7 Å². The second-order valence-electron chi connectivity index (χ2n) is 5.10. The zero-order valence-corrected chi connectivity index (χ0v) is 12.6. The van der Waals surface area contributed by atoms with Crippen LogP contribution in [-0.4, -0.2) is 59.0 Å². The number of likely N-dealkylation sites (tertiary alicyclic amines) is 1. The Labute approximate surface area is 128 Å². The van der Waals surface area contributed by atoms with E-state index in [2.05, 4.69) is 20.6 Å². The predicted octanol–water partition coefficient (Wildman–Crippen LogP) is 0.101. The van der Waals surface area contributed by atoms with Crippen molar-refractivity contribution in [3.8, 4) is 0 Å². The molecule has 2 aliphatic rings. The third-order valence-electron chi connectivity index (χ3n) is 3.75. The maximum Gasteiger partial charge on any atom is 0.290 e. The molecule has 0 bridgehead atoms. The number of rotatable bonds is 2. The quantitative estimate of drug-likeness (QED) is 0.665. The first kappa shape index (κ1) is 16.2. The van der Waals surface area contributed by atoms with Gasteiger partial charge in [0, 0.05) is 45.2 Å². The minimum Gasteiger partial charge on any atom is -0.483 e. The molecule has 0 radical (unpaired) electrons. The Morgan fingerprint density at radius 3 is 2.68 bits per heavy atom. The molecule has 3 rings (SSSR count). The van der Waals surface area contributed by atoms with Gasteiger partial charge in [-0.2, -0.15) is 0 Å². The summed E-state index contributed by atoms with van der Waals surface area (Å²) >= 11 is 0. The van der Waals surface area contributed by atoms with Crippen LogP contribution in [0.25, 0.3) is 0 Å². The zero-order valence-electron chi connectivity index (χ0n) is 12.6. The number of fused-ring (bicyclic) bond motifs is 1. The van der Waals surface area contributed by atoms with Crippen LogP contribution in [0.3, 0.4) is 0 Å². The number of anilines is 1. The van der Waals surface area contributed by atoms with E-state index >= 15 is 0 Å². The Kier molecular flexibility index (Phi) is 5.65. The van der Waals surface area contributed by atoms with Crippen molar-refractivity contribution in [3.63, 3.8) is 0 Å². The fourth-order valence-electron chi connectivity index (χ4n) is 2.70. The van der Waals surface area contributed by atoms with Crippen molar-refractivity contribution in [3.05, 3.63) is 17.0 Å². The fraction of sp³-hybridized carbons (Fsp3) is 0.571. The largest absolute Gasteiger partial charge is 0.483 e. The average molecular weight is 307 g/mol. The summed E-state index contributed by atoms with van der Waals surface area (Å²) in [6, 6.07) is 0. The van der Waals surface area contributed by atoms with Crippen LogP contribution in [0.1, 0.15) is 34.6 Å². The summed E-state index contributed by atoms with van der Waals surface area (Å²) in [4.78, 5) is 31.7. The molecule has 1 fully saturated rings. The zero-order chi connectivity index (χ0) is 15.9. The number of carboxylic acid groups (broad SMARTS) is 1. The molecule has 1 amide bonds. The number of hydrogen-bond donors (Lipinski definition) is 3. The normalized spacial score (nSPS) is 16.3. The molecule has 8 nitrogen and oxygen atoms in total. The Hall–Kier alpha value is -2.22. The minimum atomic E-state index is -0.250. The minimum absolute atomic E-state index is 0.0522. The topological polar surface area (TPSA) is 107 Å². The molecule has 2 aliphatic heterocycles. The molecular weight excluding hydrogens is 286 g/mol. The van der Waals surface area contributed by atoms with Gasteiger partial charge in [-0.15, -0.1) is 0 Å². The first-order chi connectivity index (χ1) is 10.7. The molecule has 0 atom stereocenters. The van der Waals surface area contributed by atoms with Gasteiger partial charge in [-0.25, -0.2) is 9.97 Å². The SMILES string of the molecule is CNc1nc2c(c(C(=O)N3CCCC3)n1)CNCC2.O=CO. The standard InChI is InChI=1S/C13H19N5O.CH2O2/c1-14-13-16-10-4-5-15-8-9(10)11(17-13)12(19)18-6-2-3-7-18;2-1-3/h15H,2-8H2,1H3,(H,14,16,17);1H,(H,2,3). The second-order valence-corrected chi connectivity index (χ2v) is 5.10. The van der Waals surface area contributed by atoms with Gasteiger partial charge < -0.3 is 20.6 Å². The molecule has 1 aromatic heterocycles.